The van der Waals surface area contributed by atoms with Gasteiger partial charge < -0.3 is 16.2 Å². The first-order chi connectivity index (χ1) is 16.0. The lowest BCUT2D eigenvalue weighted by molar-refractivity contribution is -0.119. The molecule has 0 spiro atoms. The van der Waals surface area contributed by atoms with E-state index in [1.165, 1.54) is 5.01 Å². The molecule has 0 saturated carbocycles. The van der Waals surface area contributed by atoms with E-state index in [9.17, 15) is 14.7 Å². The number of anilines is 1. The second-order valence-electron chi connectivity index (χ2n) is 8.09. The molecule has 7 nitrogen and oxygen atoms in total. The Kier molecular flexibility index (Phi) is 6.51. The van der Waals surface area contributed by atoms with Gasteiger partial charge >= 0.3 is 0 Å². The number of carbonyl (C=O) groups is 2. The van der Waals surface area contributed by atoms with Crippen LogP contribution in [0.3, 0.4) is 0 Å². The number of hydrogen-bond donors (Lipinski definition) is 3. The molecule has 168 valence electrons. The van der Waals surface area contributed by atoms with Gasteiger partial charge in [0.15, 0.2) is 0 Å². The number of carbonyl (C=O) groups excluding carboxylic acids is 2. The number of nitrogens with one attached hydrogen (secondary N) is 1. The molecule has 0 fully saturated rings. The van der Waals surface area contributed by atoms with Crippen LogP contribution in [-0.4, -0.2) is 35.2 Å². The molecule has 0 radical (unpaired) electrons. The zero-order valence-electron chi connectivity index (χ0n) is 18.1. The first kappa shape index (κ1) is 22.2. The molecule has 3 aromatic carbocycles. The van der Waals surface area contributed by atoms with Gasteiger partial charge in [0.2, 0.25) is 5.91 Å². The molecular weight excluding hydrogens is 416 g/mol. The van der Waals surface area contributed by atoms with E-state index < -0.39 is 23.5 Å². The Morgan fingerprint density at radius 1 is 0.970 bits per heavy atom. The average molecular weight is 443 g/mol. The van der Waals surface area contributed by atoms with Crippen LogP contribution in [0.2, 0.25) is 0 Å². The maximum Gasteiger partial charge on any atom is 0.267 e. The number of rotatable bonds is 8. The van der Waals surface area contributed by atoms with E-state index in [-0.39, 0.29) is 18.7 Å². The van der Waals surface area contributed by atoms with Gasteiger partial charge in [-0.05, 0) is 23.3 Å². The summed E-state index contributed by atoms with van der Waals surface area (Å²) in [5.74, 6) is -1.00. The Bertz CT molecular complexity index is 1140. The lowest BCUT2D eigenvalue weighted by Crippen LogP contribution is -2.44. The highest BCUT2D eigenvalue weighted by atomic mass is 16.3. The van der Waals surface area contributed by atoms with Crippen LogP contribution in [0.5, 0.6) is 0 Å². The molecule has 4 N–H and O–H groups in total. The summed E-state index contributed by atoms with van der Waals surface area (Å²) in [6.45, 7) is -0.0175. The van der Waals surface area contributed by atoms with Gasteiger partial charge in [0, 0.05) is 12.8 Å². The topological polar surface area (TPSA) is 108 Å². The van der Waals surface area contributed by atoms with Gasteiger partial charge in [-0.25, -0.2) is 0 Å². The van der Waals surface area contributed by atoms with E-state index in [2.05, 4.69) is 10.4 Å². The van der Waals surface area contributed by atoms with E-state index in [0.29, 0.717) is 17.7 Å². The predicted octanol–water partition coefficient (Wildman–Crippen LogP) is 2.35. The van der Waals surface area contributed by atoms with E-state index in [4.69, 9.17) is 5.73 Å². The summed E-state index contributed by atoms with van der Waals surface area (Å²) in [6.07, 6.45) is 0.420. The molecule has 0 saturated heterocycles. The summed E-state index contributed by atoms with van der Waals surface area (Å²) in [4.78, 5) is 25.0. The zero-order chi connectivity index (χ0) is 23.3. The lowest BCUT2D eigenvalue weighted by atomic mass is 9.87. The van der Waals surface area contributed by atoms with Gasteiger partial charge in [-0.3, -0.25) is 14.6 Å². The number of benzene rings is 3. The van der Waals surface area contributed by atoms with Crippen molar-refractivity contribution in [3.05, 3.63) is 102 Å². The molecule has 2 atom stereocenters. The number of hydrazone groups is 1. The summed E-state index contributed by atoms with van der Waals surface area (Å²) in [5.41, 5.74) is 6.76. The van der Waals surface area contributed by atoms with E-state index in [1.807, 2.05) is 78.9 Å². The van der Waals surface area contributed by atoms with Gasteiger partial charge in [0.25, 0.3) is 5.91 Å². The van der Waals surface area contributed by atoms with Gasteiger partial charge in [0.1, 0.15) is 17.4 Å². The van der Waals surface area contributed by atoms with Crippen LogP contribution < -0.4 is 16.1 Å². The van der Waals surface area contributed by atoms with Gasteiger partial charge in [0.05, 0.1) is 12.2 Å². The minimum absolute atomic E-state index is 0.0175. The summed E-state index contributed by atoms with van der Waals surface area (Å²) in [6, 6.07) is 27.2. The summed E-state index contributed by atoms with van der Waals surface area (Å²) in [5, 5.41) is 20.2. The smallest absolute Gasteiger partial charge is 0.267 e. The largest absolute Gasteiger partial charge is 0.383 e. The van der Waals surface area contributed by atoms with Gasteiger partial charge in [-0.15, -0.1) is 0 Å². The molecule has 0 unspecified atom stereocenters. The van der Waals surface area contributed by atoms with Crippen LogP contribution in [0.4, 0.5) is 5.69 Å². The second-order valence-corrected chi connectivity index (χ2v) is 8.09. The third-order valence-corrected chi connectivity index (χ3v) is 5.71. The number of amides is 2. The van der Waals surface area contributed by atoms with Crippen LogP contribution in [0, 0.1) is 0 Å². The van der Waals surface area contributed by atoms with Crippen molar-refractivity contribution in [3.63, 3.8) is 0 Å². The van der Waals surface area contributed by atoms with Crippen molar-refractivity contribution in [2.24, 2.45) is 10.8 Å². The Labute approximate surface area is 192 Å². The van der Waals surface area contributed by atoms with Crippen molar-refractivity contribution in [2.45, 2.75) is 24.5 Å². The molecule has 2 amide bonds. The van der Waals surface area contributed by atoms with E-state index >= 15 is 0 Å². The fourth-order valence-electron chi connectivity index (χ4n) is 3.96. The molecule has 33 heavy (non-hydrogen) atoms. The van der Waals surface area contributed by atoms with Crippen molar-refractivity contribution < 1.29 is 14.7 Å². The average Bonchev–Trinajstić information content (AvgIpc) is 3.31. The summed E-state index contributed by atoms with van der Waals surface area (Å²) >= 11 is 0. The maximum atomic E-state index is 13.0. The first-order valence-corrected chi connectivity index (χ1v) is 10.8. The molecule has 1 aliphatic heterocycles. The molecule has 4 rings (SSSR count). The molecule has 0 aliphatic carbocycles. The highest BCUT2D eigenvalue weighted by molar-refractivity contribution is 6.40. The number of nitrogens with zero attached hydrogens (tertiary/aromatic N) is 2. The zero-order valence-corrected chi connectivity index (χ0v) is 18.1. The van der Waals surface area contributed by atoms with Gasteiger partial charge in [-0.2, -0.15) is 5.10 Å². The number of para-hydroxylation sites is 1. The maximum absolute atomic E-state index is 13.0. The quantitative estimate of drug-likeness (QED) is 0.498. The minimum Gasteiger partial charge on any atom is -0.383 e. The second kappa shape index (κ2) is 9.67. The number of hydrogen-bond acceptors (Lipinski definition) is 5. The first-order valence-electron chi connectivity index (χ1n) is 10.8. The Balaban J connectivity index is 1.53. The Morgan fingerprint density at radius 3 is 2.15 bits per heavy atom. The van der Waals surface area contributed by atoms with Crippen LogP contribution in [0.1, 0.15) is 17.5 Å². The number of primary amides is 1. The fraction of sp³-hybridized carbons (Fsp3) is 0.192. The van der Waals surface area contributed by atoms with E-state index in [1.54, 1.807) is 12.1 Å². The van der Waals surface area contributed by atoms with Crippen LogP contribution in [-0.2, 0) is 21.6 Å². The molecule has 0 aromatic heterocycles. The monoisotopic (exact) mass is 442 g/mol. The van der Waals surface area contributed by atoms with Crippen molar-refractivity contribution in [3.8, 4) is 0 Å². The van der Waals surface area contributed by atoms with Crippen molar-refractivity contribution in [2.75, 3.05) is 11.6 Å². The molecule has 3 aromatic rings. The Morgan fingerprint density at radius 2 is 1.55 bits per heavy atom. The standard InChI is InChI=1S/C26H26N4O3/c27-24(31)23-16-22(29-30(23)21-14-8-3-9-15-21)25(32)28-18-26(33,20-12-6-2-7-13-20)17-19-10-4-1-5-11-19/h1-15,23,33H,16-18H2,(H2,27,31)(H,28,32)/t23-,26+/m1/s1. The van der Waals surface area contributed by atoms with Crippen LogP contribution in [0.25, 0.3) is 0 Å². The SMILES string of the molecule is NC(=O)[C@H]1CC(C(=O)NC[C@@](O)(Cc2ccccc2)c2ccccc2)=NN1c1ccccc1. The van der Waals surface area contributed by atoms with Gasteiger partial charge in [-0.1, -0.05) is 78.9 Å². The third-order valence-electron chi connectivity index (χ3n) is 5.71. The molecule has 0 bridgehead atoms. The van der Waals surface area contributed by atoms with E-state index in [0.717, 1.165) is 5.56 Å². The van der Waals surface area contributed by atoms with Crippen molar-refractivity contribution >= 4 is 23.2 Å². The predicted molar refractivity (Wildman–Crippen MR) is 127 cm³/mol. The molecule has 1 aliphatic rings. The highest BCUT2D eigenvalue weighted by Gasteiger charge is 2.36. The number of aliphatic hydroxyl groups is 1. The fourth-order valence-corrected chi connectivity index (χ4v) is 3.96. The third kappa shape index (κ3) is 5.10. The summed E-state index contributed by atoms with van der Waals surface area (Å²) < 4.78 is 0. The van der Waals surface area contributed by atoms with Crippen molar-refractivity contribution in [1.82, 2.24) is 5.32 Å². The van der Waals surface area contributed by atoms with Crippen molar-refractivity contribution in [1.29, 1.82) is 0 Å². The minimum atomic E-state index is -1.32. The normalized spacial score (nSPS) is 17.2. The molecular formula is C26H26N4O3. The molecule has 1 heterocycles. The van der Waals surface area contributed by atoms with Crippen LogP contribution in [0.15, 0.2) is 96.1 Å². The summed E-state index contributed by atoms with van der Waals surface area (Å²) in [7, 11) is 0. The number of nitrogens with two attached hydrogens (primary N) is 1. The van der Waals surface area contributed by atoms with Crippen LogP contribution >= 0.6 is 0 Å². The lowest BCUT2D eigenvalue weighted by Gasteiger charge is -2.29. The molecule has 7 heteroatoms. The highest BCUT2D eigenvalue weighted by Crippen LogP contribution is 2.27. The Hall–Kier alpha value is -3.97.